The Kier molecular flexibility index (Phi) is 4.89. The molecular formula is C12H14N2O3S. The third kappa shape index (κ3) is 4.57. The van der Waals surface area contributed by atoms with Crippen molar-refractivity contribution in [3.63, 3.8) is 0 Å². The largest absolute Gasteiger partial charge is 0.325 e. The summed E-state index contributed by atoms with van der Waals surface area (Å²) in [5.74, 6) is 2.11. The predicted molar refractivity (Wildman–Crippen MR) is 69.9 cm³/mol. The highest BCUT2D eigenvalue weighted by Gasteiger charge is 2.07. The number of hydrogen-bond acceptors (Lipinski definition) is 4. The molecule has 0 saturated heterocycles. The fraction of sp³-hybridized carbons (Fsp3) is 0.250. The standard InChI is InChI=1S/C12H14N2O3S/c1-3-8-13-9-12(15)14-10-4-6-11(7-5-10)18(2,16)17/h1,4-7,13H,8-9H2,2H3,(H,14,15). The van der Waals surface area contributed by atoms with Crippen LogP contribution in [0.4, 0.5) is 5.69 Å². The topological polar surface area (TPSA) is 75.3 Å². The maximum atomic E-state index is 11.4. The number of benzene rings is 1. The maximum Gasteiger partial charge on any atom is 0.238 e. The van der Waals surface area contributed by atoms with Gasteiger partial charge in [0.1, 0.15) is 0 Å². The van der Waals surface area contributed by atoms with E-state index in [4.69, 9.17) is 6.42 Å². The normalized spacial score (nSPS) is 10.7. The van der Waals surface area contributed by atoms with Crippen molar-refractivity contribution in [2.75, 3.05) is 24.7 Å². The predicted octanol–water partition coefficient (Wildman–Crippen LogP) is 0.251. The quantitative estimate of drug-likeness (QED) is 0.592. The minimum atomic E-state index is -3.21. The Balaban J connectivity index is 2.59. The van der Waals surface area contributed by atoms with Gasteiger partial charge in [0.2, 0.25) is 5.91 Å². The van der Waals surface area contributed by atoms with Gasteiger partial charge in [0, 0.05) is 11.9 Å². The van der Waals surface area contributed by atoms with E-state index < -0.39 is 9.84 Å². The lowest BCUT2D eigenvalue weighted by atomic mass is 10.3. The van der Waals surface area contributed by atoms with Gasteiger partial charge < -0.3 is 5.32 Å². The molecule has 2 N–H and O–H groups in total. The highest BCUT2D eigenvalue weighted by molar-refractivity contribution is 7.90. The number of amides is 1. The first-order valence-corrected chi connectivity index (χ1v) is 7.07. The molecule has 18 heavy (non-hydrogen) atoms. The third-order valence-electron chi connectivity index (χ3n) is 2.08. The van der Waals surface area contributed by atoms with Gasteiger partial charge in [-0.15, -0.1) is 6.42 Å². The molecule has 1 amide bonds. The summed E-state index contributed by atoms with van der Waals surface area (Å²) in [6.45, 7) is 0.429. The van der Waals surface area contributed by atoms with Crippen LogP contribution in [0.15, 0.2) is 29.2 Å². The van der Waals surface area contributed by atoms with E-state index in [1.54, 1.807) is 0 Å². The summed E-state index contributed by atoms with van der Waals surface area (Å²) in [7, 11) is -3.21. The van der Waals surface area contributed by atoms with Gasteiger partial charge in [-0.25, -0.2) is 8.42 Å². The second-order valence-corrected chi connectivity index (χ2v) is 5.67. The van der Waals surface area contributed by atoms with Gasteiger partial charge in [0.05, 0.1) is 18.0 Å². The van der Waals surface area contributed by atoms with Crippen molar-refractivity contribution in [3.05, 3.63) is 24.3 Å². The molecule has 1 aromatic rings. The molecule has 0 aliphatic heterocycles. The molecule has 0 heterocycles. The molecule has 1 rings (SSSR count). The minimum absolute atomic E-state index is 0.109. The van der Waals surface area contributed by atoms with Crippen molar-refractivity contribution < 1.29 is 13.2 Å². The van der Waals surface area contributed by atoms with Crippen LogP contribution >= 0.6 is 0 Å². The van der Waals surface area contributed by atoms with Gasteiger partial charge >= 0.3 is 0 Å². The smallest absolute Gasteiger partial charge is 0.238 e. The van der Waals surface area contributed by atoms with Crippen LogP contribution in [0.25, 0.3) is 0 Å². The van der Waals surface area contributed by atoms with Crippen molar-refractivity contribution in [2.24, 2.45) is 0 Å². The molecule has 0 fully saturated rings. The molecule has 0 atom stereocenters. The molecular weight excluding hydrogens is 252 g/mol. The SMILES string of the molecule is C#CCNCC(=O)Nc1ccc(S(C)(=O)=O)cc1. The van der Waals surface area contributed by atoms with Crippen LogP contribution in [0.3, 0.4) is 0 Å². The van der Waals surface area contributed by atoms with Gasteiger partial charge in [0.25, 0.3) is 0 Å². The lowest BCUT2D eigenvalue weighted by Crippen LogP contribution is -2.28. The summed E-state index contributed by atoms with van der Waals surface area (Å²) in [5.41, 5.74) is 0.537. The number of nitrogens with one attached hydrogen (secondary N) is 2. The van der Waals surface area contributed by atoms with E-state index in [0.717, 1.165) is 6.26 Å². The Morgan fingerprint density at radius 1 is 1.33 bits per heavy atom. The van der Waals surface area contributed by atoms with Crippen molar-refractivity contribution in [1.29, 1.82) is 0 Å². The van der Waals surface area contributed by atoms with Gasteiger partial charge in [-0.05, 0) is 24.3 Å². The second-order valence-electron chi connectivity index (χ2n) is 3.65. The Morgan fingerprint density at radius 3 is 2.44 bits per heavy atom. The summed E-state index contributed by atoms with van der Waals surface area (Å²) in [6, 6.07) is 5.96. The maximum absolute atomic E-state index is 11.4. The summed E-state index contributed by atoms with van der Waals surface area (Å²) in [4.78, 5) is 11.6. The Morgan fingerprint density at radius 2 is 1.94 bits per heavy atom. The molecule has 5 nitrogen and oxygen atoms in total. The van der Waals surface area contributed by atoms with E-state index in [1.807, 2.05) is 0 Å². The van der Waals surface area contributed by atoms with Crippen LogP contribution < -0.4 is 10.6 Å². The van der Waals surface area contributed by atoms with E-state index in [1.165, 1.54) is 24.3 Å². The summed E-state index contributed by atoms with van der Waals surface area (Å²) >= 11 is 0. The van der Waals surface area contributed by atoms with Gasteiger partial charge in [-0.3, -0.25) is 10.1 Å². The van der Waals surface area contributed by atoms with Crippen molar-refractivity contribution in [1.82, 2.24) is 5.32 Å². The first kappa shape index (κ1) is 14.2. The number of hydrogen-bond donors (Lipinski definition) is 2. The summed E-state index contributed by atoms with van der Waals surface area (Å²) in [6.07, 6.45) is 6.15. The van der Waals surface area contributed by atoms with Gasteiger partial charge in [-0.1, -0.05) is 5.92 Å². The van der Waals surface area contributed by atoms with Gasteiger partial charge in [0.15, 0.2) is 9.84 Å². The zero-order valence-electron chi connectivity index (χ0n) is 9.93. The van der Waals surface area contributed by atoms with Crippen LogP contribution in [-0.4, -0.2) is 33.7 Å². The van der Waals surface area contributed by atoms with E-state index in [-0.39, 0.29) is 17.3 Å². The fourth-order valence-corrected chi connectivity index (χ4v) is 1.87. The highest BCUT2D eigenvalue weighted by atomic mass is 32.2. The Hall–Kier alpha value is -1.84. The number of anilines is 1. The molecule has 0 aliphatic rings. The van der Waals surface area contributed by atoms with Crippen LogP contribution in [0.2, 0.25) is 0 Å². The summed E-state index contributed by atoms with van der Waals surface area (Å²) < 4.78 is 22.4. The lowest BCUT2D eigenvalue weighted by Gasteiger charge is -2.06. The minimum Gasteiger partial charge on any atom is -0.325 e. The van der Waals surface area contributed by atoms with Crippen molar-refractivity contribution in [2.45, 2.75) is 4.90 Å². The van der Waals surface area contributed by atoms with E-state index in [2.05, 4.69) is 16.6 Å². The number of rotatable bonds is 5. The van der Waals surface area contributed by atoms with Crippen molar-refractivity contribution in [3.8, 4) is 12.3 Å². The number of terminal acetylenes is 1. The monoisotopic (exact) mass is 266 g/mol. The van der Waals surface area contributed by atoms with E-state index in [0.29, 0.717) is 12.2 Å². The van der Waals surface area contributed by atoms with E-state index >= 15 is 0 Å². The Labute approximate surface area is 107 Å². The van der Waals surface area contributed by atoms with Crippen LogP contribution in [0, 0.1) is 12.3 Å². The highest BCUT2D eigenvalue weighted by Crippen LogP contribution is 2.13. The molecule has 6 heteroatoms. The molecule has 1 aromatic carbocycles. The number of sulfone groups is 1. The Bertz CT molecular complexity index is 556. The number of carbonyl (C=O) groups excluding carboxylic acids is 1. The molecule has 0 bridgehead atoms. The molecule has 0 unspecified atom stereocenters. The molecule has 96 valence electrons. The van der Waals surface area contributed by atoms with Crippen LogP contribution in [-0.2, 0) is 14.6 Å². The first-order valence-electron chi connectivity index (χ1n) is 5.17. The lowest BCUT2D eigenvalue weighted by molar-refractivity contribution is -0.115. The van der Waals surface area contributed by atoms with Crippen molar-refractivity contribution >= 4 is 21.4 Å². The zero-order chi connectivity index (χ0) is 13.6. The third-order valence-corrected chi connectivity index (χ3v) is 3.21. The average Bonchev–Trinajstić information content (AvgIpc) is 2.29. The van der Waals surface area contributed by atoms with Gasteiger partial charge in [-0.2, -0.15) is 0 Å². The number of carbonyl (C=O) groups is 1. The molecule has 0 spiro atoms. The first-order chi connectivity index (χ1) is 8.43. The molecule has 0 saturated carbocycles. The second kappa shape index (κ2) is 6.19. The molecule has 0 aliphatic carbocycles. The zero-order valence-corrected chi connectivity index (χ0v) is 10.8. The van der Waals surface area contributed by atoms with Crippen LogP contribution in [0.1, 0.15) is 0 Å². The van der Waals surface area contributed by atoms with Crippen LogP contribution in [0.5, 0.6) is 0 Å². The molecule has 0 radical (unpaired) electrons. The summed E-state index contributed by atoms with van der Waals surface area (Å²) in [5, 5.41) is 5.36. The fourth-order valence-electron chi connectivity index (χ4n) is 1.24. The van der Waals surface area contributed by atoms with E-state index in [9.17, 15) is 13.2 Å². The molecule has 0 aromatic heterocycles. The average molecular weight is 266 g/mol.